The summed E-state index contributed by atoms with van der Waals surface area (Å²) < 4.78 is 0. The summed E-state index contributed by atoms with van der Waals surface area (Å²) in [5.41, 5.74) is 4.03. The average Bonchev–Trinajstić information content (AvgIpc) is 2.13. The van der Waals surface area contributed by atoms with Crippen LogP contribution in [0.15, 0.2) is 12.2 Å². The number of nitrogens with two attached hydrogens (primary N) is 1. The smallest absolute Gasteiger partial charge is 0.402 e. The van der Waals surface area contributed by atoms with Crippen LogP contribution in [0.1, 0.15) is 0 Å². The van der Waals surface area contributed by atoms with Gasteiger partial charge in [-0.05, 0) is 0 Å². The van der Waals surface area contributed by atoms with Crippen LogP contribution in [0.2, 0.25) is 0 Å². The summed E-state index contributed by atoms with van der Waals surface area (Å²) in [4.78, 5) is 28.8. The summed E-state index contributed by atoms with van der Waals surface area (Å²) in [5, 5.41) is 9.22. The molecule has 1 rings (SSSR count). The van der Waals surface area contributed by atoms with Crippen molar-refractivity contribution in [3.05, 3.63) is 12.2 Å². The zero-order valence-electron chi connectivity index (χ0n) is 5.40. The molecule has 0 atom stereocenters. The third-order valence-corrected chi connectivity index (χ3v) is 0.632. The van der Waals surface area contributed by atoms with Gasteiger partial charge in [0, 0.05) is 12.2 Å². The summed E-state index contributed by atoms with van der Waals surface area (Å²) in [6.07, 6.45) is 1.06. The van der Waals surface area contributed by atoms with Crippen LogP contribution in [0.25, 0.3) is 0 Å². The second-order valence-electron chi connectivity index (χ2n) is 1.53. The third-order valence-electron chi connectivity index (χ3n) is 0.632. The Morgan fingerprint density at radius 1 is 1.36 bits per heavy atom. The molecule has 6 nitrogen and oxygen atoms in total. The minimum Gasteiger partial charge on any atom is -0.465 e. The number of amides is 3. The second kappa shape index (κ2) is 4.04. The molecule has 0 radical (unpaired) electrons. The number of carbonyl (C=O) groups is 3. The van der Waals surface area contributed by atoms with Gasteiger partial charge in [0.2, 0.25) is 0 Å². The zero-order chi connectivity index (χ0) is 8.85. The highest BCUT2D eigenvalue weighted by Crippen LogP contribution is 1.82. The molecule has 1 heterocycles. The van der Waals surface area contributed by atoms with E-state index in [4.69, 9.17) is 9.90 Å². The van der Waals surface area contributed by atoms with Gasteiger partial charge in [0.15, 0.2) is 0 Å². The molecule has 0 aromatic heterocycles. The first-order valence-electron chi connectivity index (χ1n) is 2.54. The van der Waals surface area contributed by atoms with Gasteiger partial charge in [-0.1, -0.05) is 0 Å². The largest absolute Gasteiger partial charge is 0.465 e. The Labute approximate surface area is 61.7 Å². The molecule has 0 saturated heterocycles. The Morgan fingerprint density at radius 2 is 1.64 bits per heavy atom. The summed E-state index contributed by atoms with van der Waals surface area (Å²) in [6, 6.07) is 0. The van der Waals surface area contributed by atoms with Gasteiger partial charge in [0.25, 0.3) is 11.8 Å². The van der Waals surface area contributed by atoms with Gasteiger partial charge in [0.05, 0.1) is 0 Å². The fourth-order valence-electron chi connectivity index (χ4n) is 0.356. The Kier molecular flexibility index (Phi) is 3.36. The minimum absolute atomic E-state index is 0.329. The number of rotatable bonds is 0. The van der Waals surface area contributed by atoms with E-state index in [-0.39, 0.29) is 11.8 Å². The second-order valence-corrected chi connectivity index (χ2v) is 1.53. The van der Waals surface area contributed by atoms with Crippen LogP contribution in [-0.2, 0) is 9.59 Å². The van der Waals surface area contributed by atoms with Crippen molar-refractivity contribution in [2.75, 3.05) is 0 Å². The maximum atomic E-state index is 10.0. The van der Waals surface area contributed by atoms with Crippen molar-refractivity contribution in [1.29, 1.82) is 0 Å². The van der Waals surface area contributed by atoms with Gasteiger partial charge in [-0.2, -0.15) is 0 Å². The quantitative estimate of drug-likeness (QED) is 0.385. The summed E-state index contributed by atoms with van der Waals surface area (Å²) >= 11 is 0. The lowest BCUT2D eigenvalue weighted by Crippen LogP contribution is -2.19. The van der Waals surface area contributed by atoms with E-state index in [9.17, 15) is 9.59 Å². The Balaban J connectivity index is 0.000000218. The topological polar surface area (TPSA) is 109 Å². The first kappa shape index (κ1) is 9.15. The highest BCUT2D eigenvalue weighted by Gasteiger charge is 2.06. The number of primary amides is 1. The standard InChI is InChI=1S/C4H3NO2.CH3NO2/c6-3-1-2-4(7)5-3;2-1(3)4/h1-2H,(H,5,6,7);2H2,(H,3,4). The van der Waals surface area contributed by atoms with Crippen molar-refractivity contribution >= 4 is 17.9 Å². The maximum Gasteiger partial charge on any atom is 0.402 e. The highest BCUT2D eigenvalue weighted by atomic mass is 16.4. The third kappa shape index (κ3) is 6.03. The predicted molar refractivity (Wildman–Crippen MR) is 34.5 cm³/mol. The summed E-state index contributed by atoms with van der Waals surface area (Å²) in [6.45, 7) is 0. The lowest BCUT2D eigenvalue weighted by molar-refractivity contribution is -0.123. The molecule has 60 valence electrons. The first-order chi connectivity index (χ1) is 5.02. The molecule has 0 saturated carbocycles. The molecule has 0 fully saturated rings. The van der Waals surface area contributed by atoms with Gasteiger partial charge in [-0.3, -0.25) is 14.9 Å². The number of hydrogen-bond donors (Lipinski definition) is 3. The molecule has 11 heavy (non-hydrogen) atoms. The Bertz CT molecular complexity index is 201. The van der Waals surface area contributed by atoms with Crippen LogP contribution in [-0.4, -0.2) is 23.0 Å². The van der Waals surface area contributed by atoms with Crippen LogP contribution in [0.4, 0.5) is 4.79 Å². The lowest BCUT2D eigenvalue weighted by Gasteiger charge is -1.80. The van der Waals surface area contributed by atoms with Crippen molar-refractivity contribution in [2.24, 2.45) is 5.73 Å². The number of carbonyl (C=O) groups excluding carboxylic acids is 2. The number of hydrogen-bond acceptors (Lipinski definition) is 3. The van der Waals surface area contributed by atoms with Crippen LogP contribution in [0, 0.1) is 0 Å². The average molecular weight is 158 g/mol. The highest BCUT2D eigenvalue weighted by molar-refractivity contribution is 6.12. The molecule has 0 unspecified atom stereocenters. The molecule has 1 aliphatic rings. The molecule has 1 aliphatic heterocycles. The van der Waals surface area contributed by atoms with E-state index in [1.807, 2.05) is 5.32 Å². The molecule has 4 N–H and O–H groups in total. The summed E-state index contributed by atoms with van der Waals surface area (Å²) in [7, 11) is 0. The fraction of sp³-hybridized carbons (Fsp3) is 0. The van der Waals surface area contributed by atoms with Crippen molar-refractivity contribution < 1.29 is 19.5 Å². The summed E-state index contributed by atoms with van der Waals surface area (Å²) in [5.74, 6) is -0.657. The monoisotopic (exact) mass is 158 g/mol. The van der Waals surface area contributed by atoms with E-state index < -0.39 is 6.09 Å². The van der Waals surface area contributed by atoms with Crippen molar-refractivity contribution in [1.82, 2.24) is 5.32 Å². The normalized spacial score (nSPS) is 13.5. The van der Waals surface area contributed by atoms with Crippen molar-refractivity contribution in [2.45, 2.75) is 0 Å². The maximum absolute atomic E-state index is 10.0. The predicted octanol–water partition coefficient (Wildman–Crippen LogP) is -1.18. The van der Waals surface area contributed by atoms with E-state index in [0.717, 1.165) is 0 Å². The molecule has 6 heteroatoms. The molecular formula is C5H6N2O4. The van der Waals surface area contributed by atoms with Gasteiger partial charge in [0.1, 0.15) is 0 Å². The molecule has 3 amide bonds. The molecule has 0 aromatic rings. The van der Waals surface area contributed by atoms with Crippen LogP contribution in [0.5, 0.6) is 0 Å². The Hall–Kier alpha value is -1.85. The van der Waals surface area contributed by atoms with Gasteiger partial charge >= 0.3 is 6.09 Å². The zero-order valence-corrected chi connectivity index (χ0v) is 5.40. The molecule has 0 aromatic carbocycles. The van der Waals surface area contributed by atoms with E-state index in [1.54, 1.807) is 0 Å². The van der Waals surface area contributed by atoms with E-state index in [2.05, 4.69) is 5.73 Å². The van der Waals surface area contributed by atoms with Crippen LogP contribution in [0.3, 0.4) is 0 Å². The first-order valence-corrected chi connectivity index (χ1v) is 2.54. The van der Waals surface area contributed by atoms with Crippen LogP contribution < -0.4 is 11.1 Å². The SMILES string of the molecule is NC(=O)O.O=C1C=CC(=O)N1. The van der Waals surface area contributed by atoms with Crippen molar-refractivity contribution in [3.8, 4) is 0 Å². The van der Waals surface area contributed by atoms with Crippen LogP contribution >= 0.6 is 0 Å². The molecule has 0 bridgehead atoms. The molecule has 0 spiro atoms. The van der Waals surface area contributed by atoms with Gasteiger partial charge in [-0.15, -0.1) is 0 Å². The van der Waals surface area contributed by atoms with E-state index in [1.165, 1.54) is 12.2 Å². The number of nitrogens with one attached hydrogen (secondary N) is 1. The number of carboxylic acid groups (broad SMARTS) is 1. The molecule has 0 aliphatic carbocycles. The van der Waals surface area contributed by atoms with Gasteiger partial charge < -0.3 is 10.8 Å². The minimum atomic E-state index is -1.33. The Morgan fingerprint density at radius 3 is 1.73 bits per heavy atom. The molecular weight excluding hydrogens is 152 g/mol. The van der Waals surface area contributed by atoms with Crippen molar-refractivity contribution in [3.63, 3.8) is 0 Å². The van der Waals surface area contributed by atoms with E-state index >= 15 is 0 Å². The number of imide groups is 1. The van der Waals surface area contributed by atoms with Gasteiger partial charge in [-0.25, -0.2) is 4.79 Å². The van der Waals surface area contributed by atoms with E-state index in [0.29, 0.717) is 0 Å². The fourth-order valence-corrected chi connectivity index (χ4v) is 0.356. The lowest BCUT2D eigenvalue weighted by atomic mass is 10.6.